The van der Waals surface area contributed by atoms with Crippen LogP contribution in [0.3, 0.4) is 0 Å². The van der Waals surface area contributed by atoms with E-state index in [0.29, 0.717) is 5.69 Å². The largest absolute Gasteiger partial charge is 0.431 e. The summed E-state index contributed by atoms with van der Waals surface area (Å²) in [5.74, 6) is -0.651. The minimum absolute atomic E-state index is 0.535. The molecular weight excluding hydrogens is 332 g/mol. The minimum Gasteiger partial charge on any atom is -0.431 e. The topological polar surface area (TPSA) is 102 Å². The lowest BCUT2D eigenvalue weighted by Gasteiger charge is -2.25. The number of ether oxygens (including phenoxy) is 1. The van der Waals surface area contributed by atoms with Gasteiger partial charge in [0.1, 0.15) is 0 Å². The zero-order chi connectivity index (χ0) is 19.2. The molecular formula is C20H24N2O4. The zero-order valence-electron chi connectivity index (χ0n) is 15.0. The van der Waals surface area contributed by atoms with Crippen LogP contribution in [0.2, 0.25) is 0 Å². The summed E-state index contributed by atoms with van der Waals surface area (Å²) in [6.07, 6.45) is 0.680. The third-order valence-corrected chi connectivity index (χ3v) is 4.16. The number of carbonyl (C=O) groups excluding carboxylic acids is 2. The van der Waals surface area contributed by atoms with E-state index in [1.54, 1.807) is 12.1 Å². The first-order valence-corrected chi connectivity index (χ1v) is 8.44. The Bertz CT molecular complexity index is 756. The molecule has 0 radical (unpaired) electrons. The number of primary amides is 1. The van der Waals surface area contributed by atoms with Gasteiger partial charge in [-0.3, -0.25) is 4.79 Å². The molecule has 4 N–H and O–H groups in total. The third-order valence-electron chi connectivity index (χ3n) is 4.16. The van der Waals surface area contributed by atoms with E-state index in [1.807, 2.05) is 12.1 Å². The summed E-state index contributed by atoms with van der Waals surface area (Å²) in [6, 6.07) is 15.8. The summed E-state index contributed by atoms with van der Waals surface area (Å²) in [7, 11) is 0. The Morgan fingerprint density at radius 3 is 2.00 bits per heavy atom. The van der Waals surface area contributed by atoms with Crippen LogP contribution in [0.4, 0.5) is 10.5 Å². The molecule has 138 valence electrons. The molecule has 2 aromatic carbocycles. The number of carbonyl (C=O) groups is 2. The molecule has 0 spiro atoms. The lowest BCUT2D eigenvalue weighted by molar-refractivity contribution is -0.136. The van der Waals surface area contributed by atoms with Crippen molar-refractivity contribution in [1.82, 2.24) is 0 Å². The fourth-order valence-electron chi connectivity index (χ4n) is 2.47. The van der Waals surface area contributed by atoms with Gasteiger partial charge in [-0.05, 0) is 48.6 Å². The molecule has 0 heterocycles. The average molecular weight is 356 g/mol. The molecule has 2 rings (SSSR count). The second-order valence-electron chi connectivity index (χ2n) is 6.31. The number of aryl methyl sites for hydroxylation is 1. The number of aliphatic hydroxyl groups is 1. The molecule has 0 saturated heterocycles. The van der Waals surface area contributed by atoms with Crippen molar-refractivity contribution in [2.24, 2.45) is 5.73 Å². The van der Waals surface area contributed by atoms with Gasteiger partial charge >= 0.3 is 6.09 Å². The molecule has 2 aromatic rings. The summed E-state index contributed by atoms with van der Waals surface area (Å²) in [5, 5.41) is 11.9. The SMILES string of the molecule is CCc1ccc(Cc2ccc(NC(=O)[C@](C)(CO)OC(N)=O)cc2)cc1. The van der Waals surface area contributed by atoms with Crippen LogP contribution < -0.4 is 11.1 Å². The second-order valence-corrected chi connectivity index (χ2v) is 6.31. The molecule has 0 aliphatic carbocycles. The van der Waals surface area contributed by atoms with Crippen LogP contribution in [0.1, 0.15) is 30.5 Å². The van der Waals surface area contributed by atoms with Gasteiger partial charge < -0.3 is 20.9 Å². The highest BCUT2D eigenvalue weighted by Crippen LogP contribution is 2.17. The van der Waals surface area contributed by atoms with Crippen molar-refractivity contribution >= 4 is 17.7 Å². The van der Waals surface area contributed by atoms with Crippen LogP contribution in [0.25, 0.3) is 0 Å². The van der Waals surface area contributed by atoms with Crippen LogP contribution >= 0.6 is 0 Å². The molecule has 1 atom stereocenters. The predicted octanol–water partition coefficient (Wildman–Crippen LogP) is 2.62. The molecule has 0 saturated carbocycles. The molecule has 0 aliphatic heterocycles. The van der Waals surface area contributed by atoms with Crippen molar-refractivity contribution < 1.29 is 19.4 Å². The second kappa shape index (κ2) is 8.49. The highest BCUT2D eigenvalue weighted by Gasteiger charge is 2.36. The number of hydrogen-bond acceptors (Lipinski definition) is 4. The van der Waals surface area contributed by atoms with E-state index in [0.717, 1.165) is 18.4 Å². The number of benzene rings is 2. The van der Waals surface area contributed by atoms with Gasteiger partial charge in [-0.1, -0.05) is 43.3 Å². The molecule has 26 heavy (non-hydrogen) atoms. The highest BCUT2D eigenvalue weighted by atomic mass is 16.6. The van der Waals surface area contributed by atoms with E-state index in [4.69, 9.17) is 10.5 Å². The quantitative estimate of drug-likeness (QED) is 0.710. The summed E-state index contributed by atoms with van der Waals surface area (Å²) in [6.45, 7) is 2.74. The third kappa shape index (κ3) is 5.07. The van der Waals surface area contributed by atoms with Gasteiger partial charge in [0.2, 0.25) is 5.60 Å². The fraction of sp³-hybridized carbons (Fsp3) is 0.300. The summed E-state index contributed by atoms with van der Waals surface area (Å²) in [5.41, 5.74) is 7.36. The molecule has 6 nitrogen and oxygen atoms in total. The lowest BCUT2D eigenvalue weighted by Crippen LogP contribution is -2.48. The van der Waals surface area contributed by atoms with Crippen LogP contribution in [0.5, 0.6) is 0 Å². The predicted molar refractivity (Wildman–Crippen MR) is 99.9 cm³/mol. The van der Waals surface area contributed by atoms with E-state index in [1.165, 1.54) is 18.1 Å². The van der Waals surface area contributed by atoms with Crippen LogP contribution in [0, 0.1) is 0 Å². The molecule has 2 amide bonds. The van der Waals surface area contributed by atoms with Gasteiger partial charge in [0.25, 0.3) is 5.91 Å². The molecule has 0 aromatic heterocycles. The summed E-state index contributed by atoms with van der Waals surface area (Å²) >= 11 is 0. The molecule has 0 unspecified atom stereocenters. The van der Waals surface area contributed by atoms with Gasteiger partial charge in [0.05, 0.1) is 6.61 Å². The van der Waals surface area contributed by atoms with Gasteiger partial charge in [0, 0.05) is 5.69 Å². The van der Waals surface area contributed by atoms with Crippen LogP contribution in [0.15, 0.2) is 48.5 Å². The Balaban J connectivity index is 2.02. The monoisotopic (exact) mass is 356 g/mol. The molecule has 0 bridgehead atoms. The van der Waals surface area contributed by atoms with Crippen molar-refractivity contribution in [3.8, 4) is 0 Å². The van der Waals surface area contributed by atoms with Crippen molar-refractivity contribution in [2.45, 2.75) is 32.3 Å². The van der Waals surface area contributed by atoms with E-state index in [-0.39, 0.29) is 0 Å². The maximum atomic E-state index is 12.2. The van der Waals surface area contributed by atoms with Gasteiger partial charge in [-0.15, -0.1) is 0 Å². The Hall–Kier alpha value is -2.86. The van der Waals surface area contributed by atoms with E-state index in [2.05, 4.69) is 36.5 Å². The maximum Gasteiger partial charge on any atom is 0.405 e. The maximum absolute atomic E-state index is 12.2. The lowest BCUT2D eigenvalue weighted by atomic mass is 10.0. The minimum atomic E-state index is -1.73. The highest BCUT2D eigenvalue weighted by molar-refractivity contribution is 5.98. The van der Waals surface area contributed by atoms with E-state index < -0.39 is 24.2 Å². The zero-order valence-corrected chi connectivity index (χ0v) is 15.0. The van der Waals surface area contributed by atoms with Crippen molar-refractivity contribution in [2.75, 3.05) is 11.9 Å². The number of nitrogens with one attached hydrogen (secondary N) is 1. The smallest absolute Gasteiger partial charge is 0.405 e. The first kappa shape index (κ1) is 19.5. The Morgan fingerprint density at radius 1 is 1.04 bits per heavy atom. The van der Waals surface area contributed by atoms with Crippen LogP contribution in [-0.4, -0.2) is 29.3 Å². The Kier molecular flexibility index (Phi) is 6.36. The number of nitrogens with two attached hydrogens (primary N) is 1. The standard InChI is InChI=1S/C20H24N2O4/c1-3-14-4-6-15(7-5-14)12-16-8-10-17(11-9-16)22-18(24)20(2,13-23)26-19(21)25/h4-11,23H,3,12-13H2,1-2H3,(H2,21,25)(H,22,24)/t20-/m0/s1. The van der Waals surface area contributed by atoms with E-state index in [9.17, 15) is 14.7 Å². The molecule has 0 fully saturated rings. The van der Waals surface area contributed by atoms with Crippen LogP contribution in [-0.2, 0) is 22.4 Å². The normalized spacial score (nSPS) is 12.9. The summed E-state index contributed by atoms with van der Waals surface area (Å²) in [4.78, 5) is 23.1. The van der Waals surface area contributed by atoms with Gasteiger partial charge in [0.15, 0.2) is 0 Å². The Labute approximate surface area is 153 Å². The first-order chi connectivity index (χ1) is 12.4. The van der Waals surface area contributed by atoms with Gasteiger partial charge in [-0.25, -0.2) is 4.79 Å². The van der Waals surface area contributed by atoms with E-state index >= 15 is 0 Å². The average Bonchev–Trinajstić information content (AvgIpc) is 2.63. The first-order valence-electron chi connectivity index (χ1n) is 8.44. The number of hydrogen-bond donors (Lipinski definition) is 3. The fourth-order valence-corrected chi connectivity index (χ4v) is 2.47. The number of rotatable bonds is 7. The van der Waals surface area contributed by atoms with Crippen molar-refractivity contribution in [3.63, 3.8) is 0 Å². The number of aliphatic hydroxyl groups excluding tert-OH is 1. The number of anilines is 1. The molecule has 6 heteroatoms. The van der Waals surface area contributed by atoms with Crippen molar-refractivity contribution in [1.29, 1.82) is 0 Å². The molecule has 0 aliphatic rings. The summed E-state index contributed by atoms with van der Waals surface area (Å²) < 4.78 is 4.72. The Morgan fingerprint density at radius 2 is 1.54 bits per heavy atom. The van der Waals surface area contributed by atoms with Gasteiger partial charge in [-0.2, -0.15) is 0 Å². The number of amides is 2. The van der Waals surface area contributed by atoms with Crippen molar-refractivity contribution in [3.05, 3.63) is 65.2 Å².